The molecule has 1 rings (SSSR count). The van der Waals surface area contributed by atoms with Gasteiger partial charge < -0.3 is 14.6 Å². The third-order valence-electron chi connectivity index (χ3n) is 1.50. The molecule has 6 nitrogen and oxygen atoms in total. The number of nitrogens with one attached hydrogen (secondary N) is 1. The first-order valence-electron chi connectivity index (χ1n) is 4.79. The molecule has 0 aliphatic carbocycles. The third kappa shape index (κ3) is 4.12. The molecule has 0 bridgehead atoms. The second-order valence-corrected chi connectivity index (χ2v) is 4.16. The van der Waals surface area contributed by atoms with Gasteiger partial charge >= 0.3 is 6.09 Å². The Morgan fingerprint density at radius 1 is 1.50 bits per heavy atom. The van der Waals surface area contributed by atoms with Crippen LogP contribution in [-0.4, -0.2) is 29.2 Å². The molecular weight excluding hydrogens is 212 g/mol. The summed E-state index contributed by atoms with van der Waals surface area (Å²) in [7, 11) is 0. The van der Waals surface area contributed by atoms with Crippen molar-refractivity contribution in [1.29, 1.82) is 0 Å². The maximum Gasteiger partial charge on any atom is 0.408 e. The van der Waals surface area contributed by atoms with Crippen LogP contribution < -0.4 is 5.32 Å². The highest BCUT2D eigenvalue weighted by atomic mass is 16.6. The van der Waals surface area contributed by atoms with E-state index in [9.17, 15) is 9.59 Å². The van der Waals surface area contributed by atoms with Crippen LogP contribution in [0.15, 0.2) is 16.8 Å². The highest BCUT2D eigenvalue weighted by Crippen LogP contribution is 2.06. The number of ketones is 1. The van der Waals surface area contributed by atoms with E-state index in [-0.39, 0.29) is 18.1 Å². The molecule has 88 valence electrons. The van der Waals surface area contributed by atoms with Gasteiger partial charge in [0.15, 0.2) is 0 Å². The topological polar surface area (TPSA) is 81.4 Å². The molecule has 0 saturated heterocycles. The fraction of sp³-hybridized carbons (Fsp3) is 0.500. The van der Waals surface area contributed by atoms with Crippen molar-refractivity contribution in [2.24, 2.45) is 0 Å². The minimum Gasteiger partial charge on any atom is -0.444 e. The van der Waals surface area contributed by atoms with Gasteiger partial charge in [0.05, 0.1) is 12.7 Å². The van der Waals surface area contributed by atoms with Crippen LogP contribution in [0.2, 0.25) is 0 Å². The number of aromatic nitrogens is 1. The summed E-state index contributed by atoms with van der Waals surface area (Å²) < 4.78 is 9.59. The number of hydrogen-bond donors (Lipinski definition) is 1. The zero-order chi connectivity index (χ0) is 12.2. The lowest BCUT2D eigenvalue weighted by Gasteiger charge is -2.19. The van der Waals surface area contributed by atoms with Crippen molar-refractivity contribution in [2.45, 2.75) is 26.4 Å². The molecule has 0 radical (unpaired) electrons. The van der Waals surface area contributed by atoms with E-state index >= 15 is 0 Å². The minimum atomic E-state index is -0.639. The molecule has 16 heavy (non-hydrogen) atoms. The number of ether oxygens (including phenoxy) is 1. The summed E-state index contributed by atoms with van der Waals surface area (Å²) >= 11 is 0. The molecule has 0 aliphatic rings. The molecular formula is C10H14N2O4. The second kappa shape index (κ2) is 4.78. The van der Waals surface area contributed by atoms with E-state index in [0.717, 1.165) is 0 Å². The van der Waals surface area contributed by atoms with Crippen molar-refractivity contribution in [2.75, 3.05) is 6.54 Å². The van der Waals surface area contributed by atoms with Gasteiger partial charge in [-0.1, -0.05) is 5.16 Å². The maximum absolute atomic E-state index is 11.4. The number of alkyl carbamates (subject to hydrolysis) is 1. The van der Waals surface area contributed by atoms with E-state index in [1.807, 2.05) is 0 Å². The second-order valence-electron chi connectivity index (χ2n) is 4.16. The van der Waals surface area contributed by atoms with Gasteiger partial charge in [0.2, 0.25) is 11.5 Å². The van der Waals surface area contributed by atoms with Gasteiger partial charge in [-0.25, -0.2) is 4.79 Å². The van der Waals surface area contributed by atoms with Gasteiger partial charge in [-0.05, 0) is 20.8 Å². The predicted molar refractivity (Wildman–Crippen MR) is 55.1 cm³/mol. The Bertz CT molecular complexity index is 365. The molecule has 1 amide bonds. The van der Waals surface area contributed by atoms with E-state index < -0.39 is 11.7 Å². The van der Waals surface area contributed by atoms with Gasteiger partial charge in [-0.2, -0.15) is 0 Å². The molecule has 0 saturated carbocycles. The number of nitrogens with zero attached hydrogens (tertiary/aromatic N) is 1. The lowest BCUT2D eigenvalue weighted by molar-refractivity contribution is 0.0518. The Morgan fingerprint density at radius 2 is 2.19 bits per heavy atom. The Balaban J connectivity index is 2.35. The van der Waals surface area contributed by atoms with Gasteiger partial charge in [-0.3, -0.25) is 4.79 Å². The maximum atomic E-state index is 11.4. The lowest BCUT2D eigenvalue weighted by atomic mass is 10.2. The summed E-state index contributed by atoms with van der Waals surface area (Å²) in [6.07, 6.45) is 0.723. The molecule has 0 aromatic carbocycles. The number of amides is 1. The number of Topliss-reactive ketones (excluding diaryl/α,β-unsaturated/α-hetero) is 1. The van der Waals surface area contributed by atoms with Crippen molar-refractivity contribution < 1.29 is 18.8 Å². The average Bonchev–Trinajstić information content (AvgIpc) is 2.64. The van der Waals surface area contributed by atoms with E-state index in [2.05, 4.69) is 15.0 Å². The van der Waals surface area contributed by atoms with Crippen molar-refractivity contribution in [1.82, 2.24) is 10.5 Å². The largest absolute Gasteiger partial charge is 0.444 e. The Kier molecular flexibility index (Phi) is 3.65. The van der Waals surface area contributed by atoms with Gasteiger partial charge in [0, 0.05) is 6.07 Å². The standard InChI is InChI=1S/C10H14N2O4/c1-10(2,3)15-9(14)11-6-7(13)8-4-5-12-16-8/h4-5H,6H2,1-3H3,(H,11,14). The lowest BCUT2D eigenvalue weighted by Crippen LogP contribution is -2.35. The number of rotatable bonds is 3. The zero-order valence-corrected chi connectivity index (χ0v) is 9.44. The molecule has 0 spiro atoms. The van der Waals surface area contributed by atoms with Crippen LogP contribution in [0.5, 0.6) is 0 Å². The van der Waals surface area contributed by atoms with Gasteiger partial charge in [0.25, 0.3) is 0 Å². The van der Waals surface area contributed by atoms with E-state index in [4.69, 9.17) is 4.74 Å². The minimum absolute atomic E-state index is 0.107. The first-order chi connectivity index (χ1) is 7.38. The summed E-state index contributed by atoms with van der Waals surface area (Å²) in [5, 5.41) is 5.72. The summed E-state index contributed by atoms with van der Waals surface area (Å²) in [5.74, 6) is -0.251. The normalized spacial score (nSPS) is 10.9. The summed E-state index contributed by atoms with van der Waals surface area (Å²) in [6, 6.07) is 1.43. The molecule has 6 heteroatoms. The SMILES string of the molecule is CC(C)(C)OC(=O)NCC(=O)c1ccno1. The van der Waals surface area contributed by atoms with Crippen molar-refractivity contribution >= 4 is 11.9 Å². The predicted octanol–water partition coefficient (Wildman–Crippen LogP) is 1.38. The summed E-state index contributed by atoms with van der Waals surface area (Å²) in [6.45, 7) is 5.05. The molecule has 1 aromatic heterocycles. The molecule has 0 atom stereocenters. The van der Waals surface area contributed by atoms with E-state index in [1.54, 1.807) is 20.8 Å². The molecule has 0 aliphatic heterocycles. The van der Waals surface area contributed by atoms with Crippen LogP contribution in [0.4, 0.5) is 4.79 Å². The van der Waals surface area contributed by atoms with Crippen molar-refractivity contribution in [3.05, 3.63) is 18.0 Å². The molecule has 0 fully saturated rings. The van der Waals surface area contributed by atoms with Crippen molar-refractivity contribution in [3.63, 3.8) is 0 Å². The van der Waals surface area contributed by atoms with Crippen LogP contribution in [0.3, 0.4) is 0 Å². The van der Waals surface area contributed by atoms with Crippen LogP contribution in [0.1, 0.15) is 31.3 Å². The van der Waals surface area contributed by atoms with Crippen LogP contribution in [-0.2, 0) is 4.74 Å². The van der Waals surface area contributed by atoms with Crippen LogP contribution in [0, 0.1) is 0 Å². The fourth-order valence-electron chi connectivity index (χ4n) is 0.913. The highest BCUT2D eigenvalue weighted by molar-refractivity contribution is 5.96. The smallest absolute Gasteiger partial charge is 0.408 e. The summed E-state index contributed by atoms with van der Waals surface area (Å²) in [4.78, 5) is 22.6. The molecule has 0 unspecified atom stereocenters. The first-order valence-corrected chi connectivity index (χ1v) is 4.79. The number of hydrogen-bond acceptors (Lipinski definition) is 5. The zero-order valence-electron chi connectivity index (χ0n) is 9.44. The number of carbonyl (C=O) groups is 2. The third-order valence-corrected chi connectivity index (χ3v) is 1.50. The Labute approximate surface area is 92.9 Å². The van der Waals surface area contributed by atoms with E-state index in [1.165, 1.54) is 12.3 Å². The van der Waals surface area contributed by atoms with E-state index in [0.29, 0.717) is 0 Å². The highest BCUT2D eigenvalue weighted by Gasteiger charge is 2.17. The van der Waals surface area contributed by atoms with Crippen LogP contribution in [0.25, 0.3) is 0 Å². The Hall–Kier alpha value is -1.85. The molecule has 1 heterocycles. The summed E-state index contributed by atoms with van der Waals surface area (Å²) in [5.41, 5.74) is -0.584. The molecule has 1 N–H and O–H groups in total. The first kappa shape index (κ1) is 12.2. The van der Waals surface area contributed by atoms with Gasteiger partial charge in [-0.15, -0.1) is 0 Å². The monoisotopic (exact) mass is 226 g/mol. The molecule has 1 aromatic rings. The average molecular weight is 226 g/mol. The Morgan fingerprint density at radius 3 is 2.69 bits per heavy atom. The van der Waals surface area contributed by atoms with Crippen LogP contribution >= 0.6 is 0 Å². The quantitative estimate of drug-likeness (QED) is 0.787. The van der Waals surface area contributed by atoms with Gasteiger partial charge in [0.1, 0.15) is 5.60 Å². The number of carbonyl (C=O) groups excluding carboxylic acids is 2. The van der Waals surface area contributed by atoms with Crippen molar-refractivity contribution in [3.8, 4) is 0 Å². The fourth-order valence-corrected chi connectivity index (χ4v) is 0.913.